The largest absolute Gasteiger partial charge is 0.463 e. The third-order valence-electron chi connectivity index (χ3n) is 3.54. The molecule has 0 saturated heterocycles. The molecule has 28 heavy (non-hydrogen) atoms. The fourth-order valence-electron chi connectivity index (χ4n) is 2.30. The third-order valence-corrected chi connectivity index (χ3v) is 3.54. The molecule has 0 aromatic heterocycles. The number of benzene rings is 1. The van der Waals surface area contributed by atoms with E-state index in [1.165, 1.54) is 12.1 Å². The zero-order chi connectivity index (χ0) is 20.5. The van der Waals surface area contributed by atoms with Gasteiger partial charge in [-0.3, -0.25) is 5.32 Å². The van der Waals surface area contributed by atoms with Crippen LogP contribution in [0.5, 0.6) is 0 Å². The molecule has 1 aliphatic heterocycles. The van der Waals surface area contributed by atoms with Crippen molar-refractivity contribution in [3.05, 3.63) is 41.1 Å². The normalized spacial score (nSPS) is 13.1. The topological polar surface area (TPSA) is 132 Å². The minimum absolute atomic E-state index is 0.0313. The maximum Gasteiger partial charge on any atom is 0.411 e. The summed E-state index contributed by atoms with van der Waals surface area (Å²) >= 11 is 0. The molecule has 0 spiro atoms. The predicted molar refractivity (Wildman–Crippen MR) is 97.6 cm³/mol. The number of anilines is 1. The van der Waals surface area contributed by atoms with E-state index in [9.17, 15) is 19.2 Å². The molecule has 0 unspecified atom stereocenters. The van der Waals surface area contributed by atoms with Crippen molar-refractivity contribution in [2.75, 3.05) is 31.7 Å². The zero-order valence-electron chi connectivity index (χ0n) is 15.5. The Labute approximate surface area is 161 Å². The van der Waals surface area contributed by atoms with Crippen LogP contribution in [0.2, 0.25) is 0 Å². The van der Waals surface area contributed by atoms with Crippen LogP contribution in [-0.4, -0.2) is 50.4 Å². The first-order chi connectivity index (χ1) is 13.4. The quantitative estimate of drug-likeness (QED) is 0.474. The van der Waals surface area contributed by atoms with Crippen LogP contribution in [0.3, 0.4) is 0 Å². The van der Waals surface area contributed by atoms with Gasteiger partial charge in [0.15, 0.2) is 0 Å². The van der Waals surface area contributed by atoms with E-state index < -0.39 is 24.1 Å². The average molecular weight is 391 g/mol. The van der Waals surface area contributed by atoms with Gasteiger partial charge in [-0.25, -0.2) is 19.2 Å². The van der Waals surface area contributed by atoms with Crippen molar-refractivity contribution in [3.63, 3.8) is 0 Å². The number of nitrogens with one attached hydrogen (secondary N) is 3. The summed E-state index contributed by atoms with van der Waals surface area (Å²) in [6.07, 6.45) is -0.644. The maximum absolute atomic E-state index is 12.3. The van der Waals surface area contributed by atoms with Gasteiger partial charge in [-0.1, -0.05) is 6.07 Å². The molecule has 3 amide bonds. The molecule has 0 radical (unpaired) electrons. The minimum Gasteiger partial charge on any atom is -0.463 e. The lowest BCUT2D eigenvalue weighted by Crippen LogP contribution is -2.45. The second-order valence-electron chi connectivity index (χ2n) is 5.49. The van der Waals surface area contributed by atoms with Crippen molar-refractivity contribution < 1.29 is 33.4 Å². The summed E-state index contributed by atoms with van der Waals surface area (Å²) in [5.41, 5.74) is 0.852. The molecule has 1 heterocycles. The Kier molecular flexibility index (Phi) is 7.37. The number of esters is 2. The van der Waals surface area contributed by atoms with E-state index in [1.54, 1.807) is 26.0 Å². The number of urea groups is 1. The number of carbonyl (C=O) groups is 4. The summed E-state index contributed by atoms with van der Waals surface area (Å²) < 4.78 is 14.9. The van der Waals surface area contributed by atoms with Gasteiger partial charge >= 0.3 is 24.1 Å². The lowest BCUT2D eigenvalue weighted by molar-refractivity contribution is -0.138. The van der Waals surface area contributed by atoms with Gasteiger partial charge in [0.2, 0.25) is 0 Å². The van der Waals surface area contributed by atoms with E-state index in [2.05, 4.69) is 16.0 Å². The Morgan fingerprint density at radius 3 is 2.54 bits per heavy atom. The maximum atomic E-state index is 12.3. The molecular formula is C18H21N3O7. The highest BCUT2D eigenvalue weighted by molar-refractivity contribution is 5.95. The molecule has 3 N–H and O–H groups in total. The van der Waals surface area contributed by atoms with Gasteiger partial charge in [0.05, 0.1) is 36.6 Å². The smallest absolute Gasteiger partial charge is 0.411 e. The van der Waals surface area contributed by atoms with E-state index in [4.69, 9.17) is 14.2 Å². The van der Waals surface area contributed by atoms with Gasteiger partial charge in [0, 0.05) is 5.69 Å². The zero-order valence-corrected chi connectivity index (χ0v) is 15.5. The van der Waals surface area contributed by atoms with E-state index in [1.807, 2.05) is 0 Å². The highest BCUT2D eigenvalue weighted by Gasteiger charge is 2.24. The number of hydrogen-bond acceptors (Lipinski definition) is 7. The number of amides is 3. The van der Waals surface area contributed by atoms with E-state index in [0.29, 0.717) is 5.69 Å². The van der Waals surface area contributed by atoms with Crippen LogP contribution in [-0.2, 0) is 19.0 Å². The summed E-state index contributed by atoms with van der Waals surface area (Å²) in [6, 6.07) is 5.55. The predicted octanol–water partition coefficient (Wildman–Crippen LogP) is 1.54. The van der Waals surface area contributed by atoms with Crippen LogP contribution in [0.25, 0.3) is 0 Å². The van der Waals surface area contributed by atoms with E-state index in [-0.39, 0.29) is 43.2 Å². The molecule has 150 valence electrons. The number of rotatable bonds is 7. The van der Waals surface area contributed by atoms with Crippen LogP contribution in [0, 0.1) is 0 Å². The van der Waals surface area contributed by atoms with E-state index in [0.717, 1.165) is 0 Å². The highest BCUT2D eigenvalue weighted by atomic mass is 16.5. The lowest BCUT2D eigenvalue weighted by Gasteiger charge is -2.21. The lowest BCUT2D eigenvalue weighted by atomic mass is 10.1. The number of hydrogen-bond donors (Lipinski definition) is 3. The van der Waals surface area contributed by atoms with Crippen molar-refractivity contribution in [1.82, 2.24) is 10.6 Å². The molecule has 0 saturated carbocycles. The van der Waals surface area contributed by atoms with Crippen LogP contribution in [0.1, 0.15) is 24.2 Å². The fraction of sp³-hybridized carbons (Fsp3) is 0.333. The molecule has 1 aliphatic rings. The average Bonchev–Trinajstić information content (AvgIpc) is 2.66. The van der Waals surface area contributed by atoms with Crippen LogP contribution in [0.15, 0.2) is 35.5 Å². The first-order valence-corrected chi connectivity index (χ1v) is 8.59. The molecular weight excluding hydrogens is 370 g/mol. The molecule has 10 nitrogen and oxygen atoms in total. The molecule has 1 aromatic carbocycles. The Morgan fingerprint density at radius 1 is 1.07 bits per heavy atom. The second kappa shape index (κ2) is 9.95. The van der Waals surface area contributed by atoms with Crippen molar-refractivity contribution in [3.8, 4) is 0 Å². The molecule has 0 fully saturated rings. The Hall–Kier alpha value is -3.56. The summed E-state index contributed by atoms with van der Waals surface area (Å²) in [7, 11) is 0. The fourth-order valence-corrected chi connectivity index (χ4v) is 2.30. The standard InChI is InChI=1S/C18H21N3O7/c1-3-26-16(23)13-9-19-17(24)21-14(13)10-28-15(22)11-6-5-7-12(8-11)20-18(25)27-4-2/h5-8H,3-4,9-10H2,1-2H3,(H,20,25)(H2,19,21,24). The van der Waals surface area contributed by atoms with Crippen LogP contribution >= 0.6 is 0 Å². The van der Waals surface area contributed by atoms with Gasteiger partial charge in [0.1, 0.15) is 6.61 Å². The van der Waals surface area contributed by atoms with Crippen LogP contribution in [0.4, 0.5) is 15.3 Å². The summed E-state index contributed by atoms with van der Waals surface area (Å²) in [4.78, 5) is 47.2. The number of carbonyl (C=O) groups excluding carboxylic acids is 4. The Morgan fingerprint density at radius 2 is 1.82 bits per heavy atom. The van der Waals surface area contributed by atoms with Crippen LogP contribution < -0.4 is 16.0 Å². The Balaban J connectivity index is 2.06. The SMILES string of the molecule is CCOC(=O)Nc1cccc(C(=O)OCC2=C(C(=O)OCC)CNC(=O)N2)c1. The molecule has 10 heteroatoms. The van der Waals surface area contributed by atoms with Gasteiger partial charge in [0.25, 0.3) is 0 Å². The first-order valence-electron chi connectivity index (χ1n) is 8.59. The summed E-state index contributed by atoms with van der Waals surface area (Å²) in [5, 5.41) is 7.38. The first kappa shape index (κ1) is 20.7. The molecule has 2 rings (SSSR count). The molecule has 0 atom stereocenters. The second-order valence-corrected chi connectivity index (χ2v) is 5.49. The van der Waals surface area contributed by atoms with Gasteiger partial charge < -0.3 is 24.8 Å². The minimum atomic E-state index is -0.698. The highest BCUT2D eigenvalue weighted by Crippen LogP contribution is 2.14. The van der Waals surface area contributed by atoms with Crippen molar-refractivity contribution in [2.24, 2.45) is 0 Å². The van der Waals surface area contributed by atoms with Crippen molar-refractivity contribution in [2.45, 2.75) is 13.8 Å². The molecule has 1 aromatic rings. The van der Waals surface area contributed by atoms with Crippen molar-refractivity contribution >= 4 is 29.8 Å². The number of ether oxygens (including phenoxy) is 3. The Bertz CT molecular complexity index is 804. The molecule has 0 bridgehead atoms. The van der Waals surface area contributed by atoms with E-state index >= 15 is 0 Å². The monoisotopic (exact) mass is 391 g/mol. The van der Waals surface area contributed by atoms with Gasteiger partial charge in [-0.05, 0) is 32.0 Å². The van der Waals surface area contributed by atoms with Crippen molar-refractivity contribution in [1.29, 1.82) is 0 Å². The summed E-state index contributed by atoms with van der Waals surface area (Å²) in [5.74, 6) is -1.31. The third kappa shape index (κ3) is 5.73. The summed E-state index contributed by atoms with van der Waals surface area (Å²) in [6.45, 7) is 3.36. The molecule has 0 aliphatic carbocycles. The van der Waals surface area contributed by atoms with Gasteiger partial charge in [-0.2, -0.15) is 0 Å². The van der Waals surface area contributed by atoms with Gasteiger partial charge in [-0.15, -0.1) is 0 Å².